The zero-order valence-electron chi connectivity index (χ0n) is 8.91. The highest BCUT2D eigenvalue weighted by Gasteiger charge is 2.16. The average Bonchev–Trinajstić information content (AvgIpc) is 2.56. The van der Waals surface area contributed by atoms with E-state index < -0.39 is 0 Å². The van der Waals surface area contributed by atoms with Crippen LogP contribution < -0.4 is 5.32 Å². The lowest BCUT2D eigenvalue weighted by atomic mass is 10.1. The lowest BCUT2D eigenvalue weighted by molar-refractivity contribution is -0.119. The average molecular weight is 211 g/mol. The third-order valence-corrected chi connectivity index (χ3v) is 2.90. The van der Waals surface area contributed by atoms with Crippen LogP contribution in [0.1, 0.15) is 31.7 Å². The third kappa shape index (κ3) is 3.24. The molecule has 0 spiro atoms. The van der Waals surface area contributed by atoms with Gasteiger partial charge >= 0.3 is 0 Å². The fourth-order valence-electron chi connectivity index (χ4n) is 1.25. The molecular weight excluding hydrogens is 194 g/mol. The van der Waals surface area contributed by atoms with Crippen molar-refractivity contribution in [2.75, 3.05) is 6.54 Å². The zero-order valence-corrected chi connectivity index (χ0v) is 9.73. The summed E-state index contributed by atoms with van der Waals surface area (Å²) < 4.78 is 0. The molecule has 3 heteroatoms. The van der Waals surface area contributed by atoms with E-state index in [1.54, 1.807) is 18.3 Å². The summed E-state index contributed by atoms with van der Waals surface area (Å²) in [5, 5.41) is 5.28. The highest BCUT2D eigenvalue weighted by molar-refractivity contribution is 7.10. The standard InChI is InChI=1S/C11H17NOS/c1-8(2)7-12-11(9(3)13)10-5-4-6-14-10/h4-6,8,11-12H,7H2,1-3H3. The number of nitrogens with one attached hydrogen (secondary N) is 1. The first-order valence-corrected chi connectivity index (χ1v) is 5.76. The molecule has 0 amide bonds. The van der Waals surface area contributed by atoms with E-state index >= 15 is 0 Å². The Kier molecular flexibility index (Phi) is 4.29. The number of carbonyl (C=O) groups excluding carboxylic acids is 1. The van der Waals surface area contributed by atoms with Gasteiger partial charge in [0.1, 0.15) is 6.04 Å². The number of hydrogen-bond donors (Lipinski definition) is 1. The van der Waals surface area contributed by atoms with Crippen LogP contribution in [0.4, 0.5) is 0 Å². The fraction of sp³-hybridized carbons (Fsp3) is 0.545. The number of carbonyl (C=O) groups is 1. The van der Waals surface area contributed by atoms with Crippen molar-refractivity contribution < 1.29 is 4.79 Å². The van der Waals surface area contributed by atoms with Gasteiger partial charge in [0.15, 0.2) is 5.78 Å². The molecule has 1 rings (SSSR count). The van der Waals surface area contributed by atoms with E-state index in [1.807, 2.05) is 17.5 Å². The Morgan fingerprint density at radius 2 is 2.29 bits per heavy atom. The maximum absolute atomic E-state index is 11.4. The van der Waals surface area contributed by atoms with E-state index in [9.17, 15) is 4.79 Å². The van der Waals surface area contributed by atoms with Crippen LogP contribution in [0.25, 0.3) is 0 Å². The molecule has 0 aromatic carbocycles. The second-order valence-electron chi connectivity index (χ2n) is 3.86. The lowest BCUT2D eigenvalue weighted by Crippen LogP contribution is -2.29. The Bertz CT molecular complexity index is 279. The van der Waals surface area contributed by atoms with Crippen LogP contribution in [0, 0.1) is 5.92 Å². The molecule has 0 saturated heterocycles. The van der Waals surface area contributed by atoms with Crippen LogP contribution in [0.5, 0.6) is 0 Å². The molecule has 1 heterocycles. The van der Waals surface area contributed by atoms with E-state index in [4.69, 9.17) is 0 Å². The van der Waals surface area contributed by atoms with Gasteiger partial charge in [0, 0.05) is 4.88 Å². The largest absolute Gasteiger partial charge is 0.303 e. The minimum absolute atomic E-state index is 0.114. The van der Waals surface area contributed by atoms with Gasteiger partial charge in [0.2, 0.25) is 0 Å². The molecule has 78 valence electrons. The van der Waals surface area contributed by atoms with Crippen LogP contribution in [-0.2, 0) is 4.79 Å². The molecule has 0 aliphatic rings. The van der Waals surface area contributed by atoms with Gasteiger partial charge in [-0.2, -0.15) is 0 Å². The van der Waals surface area contributed by atoms with Crippen molar-refractivity contribution in [3.63, 3.8) is 0 Å². The summed E-state index contributed by atoms with van der Waals surface area (Å²) in [5.41, 5.74) is 0. The number of hydrogen-bond acceptors (Lipinski definition) is 3. The van der Waals surface area contributed by atoms with Crippen LogP contribution in [0.2, 0.25) is 0 Å². The summed E-state index contributed by atoms with van der Waals surface area (Å²) in [4.78, 5) is 12.5. The Labute approximate surface area is 89.3 Å². The summed E-state index contributed by atoms with van der Waals surface area (Å²) in [6.45, 7) is 6.79. The van der Waals surface area contributed by atoms with Crippen molar-refractivity contribution >= 4 is 17.1 Å². The van der Waals surface area contributed by atoms with Crippen LogP contribution in [0.15, 0.2) is 17.5 Å². The minimum Gasteiger partial charge on any atom is -0.303 e. The predicted molar refractivity (Wildman–Crippen MR) is 60.6 cm³/mol. The van der Waals surface area contributed by atoms with Gasteiger partial charge in [0.05, 0.1) is 0 Å². The molecule has 1 N–H and O–H groups in total. The van der Waals surface area contributed by atoms with Crippen molar-refractivity contribution in [3.8, 4) is 0 Å². The second kappa shape index (κ2) is 5.27. The van der Waals surface area contributed by atoms with Crippen molar-refractivity contribution in [1.29, 1.82) is 0 Å². The van der Waals surface area contributed by atoms with E-state index in [2.05, 4.69) is 19.2 Å². The smallest absolute Gasteiger partial charge is 0.152 e. The topological polar surface area (TPSA) is 29.1 Å². The monoisotopic (exact) mass is 211 g/mol. The molecule has 2 nitrogen and oxygen atoms in total. The van der Waals surface area contributed by atoms with Crippen molar-refractivity contribution in [2.45, 2.75) is 26.8 Å². The van der Waals surface area contributed by atoms with Gasteiger partial charge in [-0.1, -0.05) is 19.9 Å². The summed E-state index contributed by atoms with van der Waals surface area (Å²) >= 11 is 1.63. The van der Waals surface area contributed by atoms with Crippen molar-refractivity contribution in [1.82, 2.24) is 5.32 Å². The molecule has 0 radical (unpaired) electrons. The summed E-state index contributed by atoms with van der Waals surface area (Å²) in [7, 11) is 0. The first-order chi connectivity index (χ1) is 6.61. The molecule has 0 bridgehead atoms. The lowest BCUT2D eigenvalue weighted by Gasteiger charge is -2.15. The molecule has 1 aromatic heterocycles. The molecule has 0 aliphatic heterocycles. The highest BCUT2D eigenvalue weighted by Crippen LogP contribution is 2.19. The van der Waals surface area contributed by atoms with Crippen LogP contribution in [-0.4, -0.2) is 12.3 Å². The van der Waals surface area contributed by atoms with E-state index in [0.29, 0.717) is 5.92 Å². The Hall–Kier alpha value is -0.670. The quantitative estimate of drug-likeness (QED) is 0.811. The summed E-state index contributed by atoms with van der Waals surface area (Å²) in [5.74, 6) is 0.755. The van der Waals surface area contributed by atoms with E-state index in [-0.39, 0.29) is 11.8 Å². The third-order valence-electron chi connectivity index (χ3n) is 1.96. The van der Waals surface area contributed by atoms with Crippen LogP contribution >= 0.6 is 11.3 Å². The van der Waals surface area contributed by atoms with Crippen molar-refractivity contribution in [2.24, 2.45) is 5.92 Å². The maximum Gasteiger partial charge on any atom is 0.152 e. The number of thiophene rings is 1. The minimum atomic E-state index is -0.114. The normalized spacial score (nSPS) is 13.1. The van der Waals surface area contributed by atoms with Gasteiger partial charge < -0.3 is 5.32 Å². The van der Waals surface area contributed by atoms with Gasteiger partial charge in [-0.15, -0.1) is 11.3 Å². The van der Waals surface area contributed by atoms with Gasteiger partial charge in [-0.25, -0.2) is 0 Å². The zero-order chi connectivity index (χ0) is 10.6. The molecule has 14 heavy (non-hydrogen) atoms. The SMILES string of the molecule is CC(=O)C(NCC(C)C)c1cccs1. The number of Topliss-reactive ketones (excluding diaryl/α,β-unsaturated/α-hetero) is 1. The molecule has 1 atom stereocenters. The highest BCUT2D eigenvalue weighted by atomic mass is 32.1. The number of rotatable bonds is 5. The van der Waals surface area contributed by atoms with E-state index in [1.165, 1.54) is 0 Å². The first kappa shape index (κ1) is 11.4. The van der Waals surface area contributed by atoms with Crippen molar-refractivity contribution in [3.05, 3.63) is 22.4 Å². The van der Waals surface area contributed by atoms with Crippen LogP contribution in [0.3, 0.4) is 0 Å². The molecular formula is C11H17NOS. The predicted octanol–water partition coefficient (Wildman–Crippen LogP) is 2.62. The summed E-state index contributed by atoms with van der Waals surface area (Å²) in [6, 6.07) is 3.87. The fourth-order valence-corrected chi connectivity index (χ4v) is 2.11. The molecule has 0 fully saturated rings. The molecule has 0 saturated carbocycles. The Balaban J connectivity index is 2.61. The van der Waals surface area contributed by atoms with Gasteiger partial charge in [0.25, 0.3) is 0 Å². The molecule has 1 unspecified atom stereocenters. The number of ketones is 1. The second-order valence-corrected chi connectivity index (χ2v) is 4.84. The van der Waals surface area contributed by atoms with Gasteiger partial charge in [-0.3, -0.25) is 4.79 Å². The van der Waals surface area contributed by atoms with E-state index in [0.717, 1.165) is 11.4 Å². The molecule has 1 aromatic rings. The Morgan fingerprint density at radius 1 is 1.57 bits per heavy atom. The first-order valence-electron chi connectivity index (χ1n) is 4.88. The molecule has 0 aliphatic carbocycles. The Morgan fingerprint density at radius 3 is 2.71 bits per heavy atom. The maximum atomic E-state index is 11.4. The summed E-state index contributed by atoms with van der Waals surface area (Å²) in [6.07, 6.45) is 0. The van der Waals surface area contributed by atoms with Gasteiger partial charge in [-0.05, 0) is 30.8 Å².